The SMILES string of the molecule is CCN1Cc2ccccc2C(NC(=O)CCCc2c(F)cccc2F)C1. The topological polar surface area (TPSA) is 32.3 Å². The fourth-order valence-corrected chi connectivity index (χ4v) is 3.51. The van der Waals surface area contributed by atoms with Gasteiger partial charge in [-0.25, -0.2) is 8.78 Å². The van der Waals surface area contributed by atoms with Crippen LogP contribution in [0.3, 0.4) is 0 Å². The first-order chi connectivity index (χ1) is 12.6. The van der Waals surface area contributed by atoms with E-state index in [-0.39, 0.29) is 30.4 Å². The second-order valence-corrected chi connectivity index (χ2v) is 6.70. The summed E-state index contributed by atoms with van der Waals surface area (Å²) in [5.74, 6) is -1.19. The lowest BCUT2D eigenvalue weighted by atomic mass is 9.95. The number of rotatable bonds is 6. The van der Waals surface area contributed by atoms with E-state index >= 15 is 0 Å². The quantitative estimate of drug-likeness (QED) is 0.847. The second-order valence-electron chi connectivity index (χ2n) is 6.70. The average molecular weight is 358 g/mol. The predicted octanol–water partition coefficient (Wildman–Crippen LogP) is 3.98. The fraction of sp³-hybridized carbons (Fsp3) is 0.381. The van der Waals surface area contributed by atoms with Crippen LogP contribution in [0.2, 0.25) is 0 Å². The molecule has 2 aromatic carbocycles. The Morgan fingerprint density at radius 3 is 2.62 bits per heavy atom. The van der Waals surface area contributed by atoms with Crippen molar-refractivity contribution in [3.63, 3.8) is 0 Å². The Hall–Kier alpha value is -2.27. The van der Waals surface area contributed by atoms with Crippen LogP contribution >= 0.6 is 0 Å². The molecule has 2 aromatic rings. The molecule has 1 amide bonds. The smallest absolute Gasteiger partial charge is 0.220 e. The van der Waals surface area contributed by atoms with Gasteiger partial charge in [-0.1, -0.05) is 37.3 Å². The van der Waals surface area contributed by atoms with Gasteiger partial charge in [0.25, 0.3) is 0 Å². The number of hydrogen-bond donors (Lipinski definition) is 1. The normalized spacial score (nSPS) is 17.0. The Balaban J connectivity index is 1.58. The average Bonchev–Trinajstić information content (AvgIpc) is 2.64. The molecule has 1 aliphatic heterocycles. The summed E-state index contributed by atoms with van der Waals surface area (Å²) < 4.78 is 27.3. The Morgan fingerprint density at radius 2 is 1.88 bits per heavy atom. The van der Waals surface area contributed by atoms with Gasteiger partial charge in [-0.15, -0.1) is 0 Å². The van der Waals surface area contributed by atoms with E-state index < -0.39 is 11.6 Å². The van der Waals surface area contributed by atoms with Gasteiger partial charge in [0.2, 0.25) is 5.91 Å². The molecule has 3 nitrogen and oxygen atoms in total. The minimum Gasteiger partial charge on any atom is -0.348 e. The number of benzene rings is 2. The molecule has 0 bridgehead atoms. The summed E-state index contributed by atoms with van der Waals surface area (Å²) in [4.78, 5) is 14.7. The third-order valence-electron chi connectivity index (χ3n) is 4.94. The molecule has 5 heteroatoms. The highest BCUT2D eigenvalue weighted by atomic mass is 19.1. The number of likely N-dealkylation sites (N-methyl/N-ethyl adjacent to an activating group) is 1. The lowest BCUT2D eigenvalue weighted by Gasteiger charge is -2.34. The summed E-state index contributed by atoms with van der Waals surface area (Å²) in [6.07, 6.45) is 0.877. The molecule has 3 rings (SSSR count). The molecule has 0 aliphatic carbocycles. The number of nitrogens with zero attached hydrogens (tertiary/aromatic N) is 1. The molecule has 0 spiro atoms. The largest absolute Gasteiger partial charge is 0.348 e. The van der Waals surface area contributed by atoms with Crippen LogP contribution in [0, 0.1) is 11.6 Å². The molecule has 0 saturated heterocycles. The van der Waals surface area contributed by atoms with E-state index in [0.29, 0.717) is 6.42 Å². The molecule has 26 heavy (non-hydrogen) atoms. The molecule has 1 heterocycles. The zero-order valence-corrected chi connectivity index (χ0v) is 15.0. The number of halogens is 2. The second kappa shape index (κ2) is 8.41. The highest BCUT2D eigenvalue weighted by molar-refractivity contribution is 5.76. The highest BCUT2D eigenvalue weighted by Crippen LogP contribution is 2.26. The Kier molecular flexibility index (Phi) is 5.99. The van der Waals surface area contributed by atoms with Gasteiger partial charge in [-0.3, -0.25) is 9.69 Å². The maximum absolute atomic E-state index is 13.6. The Bertz CT molecular complexity index is 758. The standard InChI is InChI=1S/C21H24F2N2O/c1-2-25-13-15-7-3-4-8-16(15)20(14-25)24-21(26)12-5-9-17-18(22)10-6-11-19(17)23/h3-4,6-8,10-11,20H,2,5,9,12-14H2,1H3,(H,24,26). The molecular weight excluding hydrogens is 334 g/mol. The van der Waals surface area contributed by atoms with Crippen LogP contribution < -0.4 is 5.32 Å². The summed E-state index contributed by atoms with van der Waals surface area (Å²) in [5, 5.41) is 3.09. The molecule has 1 N–H and O–H groups in total. The number of fused-ring (bicyclic) bond motifs is 1. The molecule has 0 radical (unpaired) electrons. The van der Waals surface area contributed by atoms with Crippen molar-refractivity contribution in [2.75, 3.05) is 13.1 Å². The predicted molar refractivity (Wildman–Crippen MR) is 97.6 cm³/mol. The minimum atomic E-state index is -0.551. The monoisotopic (exact) mass is 358 g/mol. The van der Waals surface area contributed by atoms with Crippen LogP contribution in [0.5, 0.6) is 0 Å². The summed E-state index contributed by atoms with van der Waals surface area (Å²) in [5.41, 5.74) is 2.45. The van der Waals surface area contributed by atoms with E-state index in [2.05, 4.69) is 29.3 Å². The van der Waals surface area contributed by atoms with E-state index in [1.807, 2.05) is 12.1 Å². The van der Waals surface area contributed by atoms with Crippen molar-refractivity contribution >= 4 is 5.91 Å². The molecule has 1 unspecified atom stereocenters. The van der Waals surface area contributed by atoms with Crippen molar-refractivity contribution in [3.05, 3.63) is 70.8 Å². The van der Waals surface area contributed by atoms with Crippen molar-refractivity contribution in [2.24, 2.45) is 0 Å². The highest BCUT2D eigenvalue weighted by Gasteiger charge is 2.25. The van der Waals surface area contributed by atoms with Crippen molar-refractivity contribution < 1.29 is 13.6 Å². The Labute approximate surface area is 153 Å². The first kappa shape index (κ1) is 18.5. The summed E-state index contributed by atoms with van der Waals surface area (Å²) in [7, 11) is 0. The maximum Gasteiger partial charge on any atom is 0.220 e. The third-order valence-corrected chi connectivity index (χ3v) is 4.94. The van der Waals surface area contributed by atoms with Gasteiger partial charge in [0.15, 0.2) is 0 Å². The van der Waals surface area contributed by atoms with E-state index in [4.69, 9.17) is 0 Å². The molecule has 1 aliphatic rings. The van der Waals surface area contributed by atoms with Crippen molar-refractivity contribution in [3.8, 4) is 0 Å². The van der Waals surface area contributed by atoms with Gasteiger partial charge in [-0.05, 0) is 42.6 Å². The number of hydrogen-bond acceptors (Lipinski definition) is 2. The molecular formula is C21H24F2N2O. The van der Waals surface area contributed by atoms with Gasteiger partial charge in [0.05, 0.1) is 6.04 Å². The van der Waals surface area contributed by atoms with Crippen molar-refractivity contribution in [1.82, 2.24) is 10.2 Å². The summed E-state index contributed by atoms with van der Waals surface area (Å²) in [6, 6.07) is 12.0. The van der Waals surface area contributed by atoms with Gasteiger partial charge in [-0.2, -0.15) is 0 Å². The maximum atomic E-state index is 13.6. The van der Waals surface area contributed by atoms with Gasteiger partial charge in [0.1, 0.15) is 11.6 Å². The zero-order valence-electron chi connectivity index (χ0n) is 15.0. The first-order valence-electron chi connectivity index (χ1n) is 9.11. The van der Waals surface area contributed by atoms with Gasteiger partial charge >= 0.3 is 0 Å². The molecule has 138 valence electrons. The zero-order chi connectivity index (χ0) is 18.5. The lowest BCUT2D eigenvalue weighted by molar-refractivity contribution is -0.122. The number of amides is 1. The van der Waals surface area contributed by atoms with E-state index in [9.17, 15) is 13.6 Å². The van der Waals surface area contributed by atoms with Crippen LogP contribution in [0.25, 0.3) is 0 Å². The van der Waals surface area contributed by atoms with Crippen molar-refractivity contribution in [2.45, 2.75) is 38.8 Å². The fourth-order valence-electron chi connectivity index (χ4n) is 3.51. The Morgan fingerprint density at radius 1 is 1.15 bits per heavy atom. The van der Waals surface area contributed by atoms with Crippen LogP contribution in [0.15, 0.2) is 42.5 Å². The van der Waals surface area contributed by atoms with E-state index in [0.717, 1.165) is 25.2 Å². The molecule has 1 atom stereocenters. The van der Waals surface area contributed by atoms with Crippen LogP contribution in [0.1, 0.15) is 42.5 Å². The number of carbonyl (C=O) groups is 1. The van der Waals surface area contributed by atoms with Crippen LogP contribution in [0.4, 0.5) is 8.78 Å². The minimum absolute atomic E-state index is 0.0439. The number of carbonyl (C=O) groups excluding carboxylic acids is 1. The van der Waals surface area contributed by atoms with Crippen molar-refractivity contribution in [1.29, 1.82) is 0 Å². The van der Waals surface area contributed by atoms with Crippen LogP contribution in [-0.4, -0.2) is 23.9 Å². The molecule has 0 fully saturated rings. The number of nitrogens with one attached hydrogen (secondary N) is 1. The summed E-state index contributed by atoms with van der Waals surface area (Å²) in [6.45, 7) is 4.70. The third kappa shape index (κ3) is 4.28. The van der Waals surface area contributed by atoms with Crippen LogP contribution in [-0.2, 0) is 17.8 Å². The van der Waals surface area contributed by atoms with E-state index in [1.54, 1.807) is 0 Å². The molecule has 0 saturated carbocycles. The van der Waals surface area contributed by atoms with Gasteiger partial charge in [0, 0.05) is 25.1 Å². The summed E-state index contributed by atoms with van der Waals surface area (Å²) >= 11 is 0. The molecule has 0 aromatic heterocycles. The lowest BCUT2D eigenvalue weighted by Crippen LogP contribution is -2.41. The first-order valence-corrected chi connectivity index (χ1v) is 9.11. The van der Waals surface area contributed by atoms with Gasteiger partial charge < -0.3 is 5.32 Å². The van der Waals surface area contributed by atoms with E-state index in [1.165, 1.54) is 23.8 Å².